The van der Waals surface area contributed by atoms with Crippen molar-refractivity contribution in [3.8, 4) is 5.75 Å². The average Bonchev–Trinajstić information content (AvgIpc) is 3.27. The van der Waals surface area contributed by atoms with Crippen LogP contribution in [0.15, 0.2) is 18.2 Å². The number of nitrogens with zero attached hydrogens (tertiary/aromatic N) is 1. The largest absolute Gasteiger partial charge is 0.484 e. The topological polar surface area (TPSA) is 29.5 Å². The second-order valence-corrected chi connectivity index (χ2v) is 6.16. The second-order valence-electron chi connectivity index (χ2n) is 6.16. The lowest BCUT2D eigenvalue weighted by Crippen LogP contribution is -2.41. The first-order valence-corrected chi connectivity index (χ1v) is 7.63. The van der Waals surface area contributed by atoms with Gasteiger partial charge < -0.3 is 9.64 Å². The predicted molar refractivity (Wildman–Crippen MR) is 76.9 cm³/mol. The van der Waals surface area contributed by atoms with Crippen LogP contribution >= 0.6 is 0 Å². The summed E-state index contributed by atoms with van der Waals surface area (Å²) in [7, 11) is 0. The summed E-state index contributed by atoms with van der Waals surface area (Å²) in [6.45, 7) is 2.94. The van der Waals surface area contributed by atoms with Crippen molar-refractivity contribution in [3.05, 3.63) is 29.3 Å². The zero-order valence-corrected chi connectivity index (χ0v) is 13.5. The maximum atomic E-state index is 12.8. The normalized spacial score (nSPS) is 15.4. The van der Waals surface area contributed by atoms with E-state index in [0.717, 1.165) is 12.8 Å². The smallest absolute Gasteiger partial charge is 0.416 e. The minimum Gasteiger partial charge on any atom is -0.484 e. The van der Waals surface area contributed by atoms with E-state index in [0.29, 0.717) is 12.1 Å². The molecule has 2 rings (SSSR count). The molecule has 25 heavy (non-hydrogen) atoms. The summed E-state index contributed by atoms with van der Waals surface area (Å²) in [4.78, 5) is 13.7. The van der Waals surface area contributed by atoms with E-state index in [-0.39, 0.29) is 18.2 Å². The molecule has 0 bridgehead atoms. The Bertz CT molecular complexity index is 600. The van der Waals surface area contributed by atoms with Crippen LogP contribution < -0.4 is 4.74 Å². The van der Waals surface area contributed by atoms with Crippen molar-refractivity contribution in [3.63, 3.8) is 0 Å². The Balaban J connectivity index is 2.19. The van der Waals surface area contributed by atoms with E-state index < -0.39 is 41.7 Å². The SMILES string of the molecule is CC(C)N(C(=O)COc1cc(C(F)(F)F)cc(C(F)(F)F)c1)C1CC1. The first-order chi connectivity index (χ1) is 11.4. The molecule has 1 aliphatic carbocycles. The van der Waals surface area contributed by atoms with Crippen LogP contribution in [0, 0.1) is 0 Å². The van der Waals surface area contributed by atoms with Gasteiger partial charge in [0.2, 0.25) is 0 Å². The summed E-state index contributed by atoms with van der Waals surface area (Å²) in [6.07, 6.45) is -8.26. The van der Waals surface area contributed by atoms with Gasteiger partial charge in [0.25, 0.3) is 5.91 Å². The minimum atomic E-state index is -4.96. The third-order valence-electron chi connectivity index (χ3n) is 3.71. The van der Waals surface area contributed by atoms with Gasteiger partial charge in [0.15, 0.2) is 6.61 Å². The van der Waals surface area contributed by atoms with E-state index in [9.17, 15) is 31.1 Å². The van der Waals surface area contributed by atoms with Crippen molar-refractivity contribution in [2.45, 2.75) is 51.1 Å². The highest BCUT2D eigenvalue weighted by Gasteiger charge is 2.38. The number of hydrogen-bond donors (Lipinski definition) is 0. The molecule has 1 aromatic rings. The Morgan fingerprint density at radius 3 is 1.92 bits per heavy atom. The lowest BCUT2D eigenvalue weighted by atomic mass is 10.1. The van der Waals surface area contributed by atoms with Crippen LogP contribution in [0.3, 0.4) is 0 Å². The van der Waals surface area contributed by atoms with Gasteiger partial charge in [0, 0.05) is 12.1 Å². The Labute approximate surface area is 140 Å². The Hall–Kier alpha value is -1.93. The third-order valence-corrected chi connectivity index (χ3v) is 3.71. The van der Waals surface area contributed by atoms with E-state index in [4.69, 9.17) is 4.74 Å². The van der Waals surface area contributed by atoms with E-state index in [1.165, 1.54) is 4.90 Å². The molecule has 0 saturated heterocycles. The highest BCUT2D eigenvalue weighted by atomic mass is 19.4. The van der Waals surface area contributed by atoms with Gasteiger partial charge in [-0.3, -0.25) is 4.79 Å². The predicted octanol–water partition coefficient (Wildman–Crippen LogP) is 4.50. The number of amides is 1. The fourth-order valence-corrected chi connectivity index (χ4v) is 2.50. The number of hydrogen-bond acceptors (Lipinski definition) is 2. The molecule has 0 aromatic heterocycles. The summed E-state index contributed by atoms with van der Waals surface area (Å²) in [5, 5.41) is 0. The number of ether oxygens (including phenoxy) is 1. The molecule has 0 aliphatic heterocycles. The van der Waals surface area contributed by atoms with Crippen molar-refractivity contribution >= 4 is 5.91 Å². The molecule has 9 heteroatoms. The van der Waals surface area contributed by atoms with E-state index in [1.54, 1.807) is 13.8 Å². The van der Waals surface area contributed by atoms with Crippen LogP contribution in [-0.4, -0.2) is 29.5 Å². The van der Waals surface area contributed by atoms with Gasteiger partial charge in [-0.15, -0.1) is 0 Å². The molecule has 0 heterocycles. The van der Waals surface area contributed by atoms with Crippen LogP contribution in [0.25, 0.3) is 0 Å². The second kappa shape index (κ2) is 6.76. The number of halogens is 6. The molecule has 0 N–H and O–H groups in total. The quantitative estimate of drug-likeness (QED) is 0.715. The molecule has 0 unspecified atom stereocenters. The highest BCUT2D eigenvalue weighted by Crippen LogP contribution is 2.38. The highest BCUT2D eigenvalue weighted by molar-refractivity contribution is 5.78. The van der Waals surface area contributed by atoms with Crippen LogP contribution in [0.1, 0.15) is 37.8 Å². The van der Waals surface area contributed by atoms with Gasteiger partial charge in [-0.2, -0.15) is 26.3 Å². The first kappa shape index (κ1) is 19.4. The summed E-state index contributed by atoms with van der Waals surface area (Å²) in [5.74, 6) is -1.11. The monoisotopic (exact) mass is 369 g/mol. The van der Waals surface area contributed by atoms with Crippen LogP contribution in [-0.2, 0) is 17.1 Å². The molecule has 140 valence electrons. The molecule has 0 radical (unpaired) electrons. The molecule has 1 aliphatic rings. The molecule has 3 nitrogen and oxygen atoms in total. The van der Waals surface area contributed by atoms with Crippen LogP contribution in [0.2, 0.25) is 0 Å². The third kappa shape index (κ3) is 5.02. The van der Waals surface area contributed by atoms with Gasteiger partial charge in [0.05, 0.1) is 11.1 Å². The van der Waals surface area contributed by atoms with Crippen molar-refractivity contribution < 1.29 is 35.9 Å². The molecular formula is C16H17F6NO2. The lowest BCUT2D eigenvalue weighted by molar-refractivity contribution is -0.143. The summed E-state index contributed by atoms with van der Waals surface area (Å²) in [5.41, 5.74) is -2.96. The average molecular weight is 369 g/mol. The molecular weight excluding hydrogens is 352 g/mol. The fourth-order valence-electron chi connectivity index (χ4n) is 2.50. The maximum absolute atomic E-state index is 12.8. The van der Waals surface area contributed by atoms with Gasteiger partial charge in [0.1, 0.15) is 5.75 Å². The van der Waals surface area contributed by atoms with Crippen molar-refractivity contribution in [2.24, 2.45) is 0 Å². The van der Waals surface area contributed by atoms with Crippen LogP contribution in [0.5, 0.6) is 5.75 Å². The number of benzene rings is 1. The molecule has 1 amide bonds. The molecule has 0 atom stereocenters. The maximum Gasteiger partial charge on any atom is 0.416 e. The number of rotatable bonds is 5. The van der Waals surface area contributed by atoms with Crippen molar-refractivity contribution in [1.29, 1.82) is 0 Å². The van der Waals surface area contributed by atoms with Gasteiger partial charge in [-0.1, -0.05) is 0 Å². The number of carbonyl (C=O) groups excluding carboxylic acids is 1. The van der Waals surface area contributed by atoms with Crippen LogP contribution in [0.4, 0.5) is 26.3 Å². The number of alkyl halides is 6. The minimum absolute atomic E-state index is 0.0132. The molecule has 1 fully saturated rings. The fraction of sp³-hybridized carbons (Fsp3) is 0.562. The van der Waals surface area contributed by atoms with E-state index >= 15 is 0 Å². The Morgan fingerprint density at radius 1 is 1.08 bits per heavy atom. The van der Waals surface area contributed by atoms with Crippen molar-refractivity contribution in [1.82, 2.24) is 4.90 Å². The lowest BCUT2D eigenvalue weighted by Gasteiger charge is -2.26. The standard InChI is InChI=1S/C16H17F6NO2/c1-9(2)23(12-3-4-12)14(24)8-25-13-6-10(15(17,18)19)5-11(7-13)16(20,21)22/h5-7,9,12H,3-4,8H2,1-2H3. The van der Waals surface area contributed by atoms with E-state index in [2.05, 4.69) is 0 Å². The van der Waals surface area contributed by atoms with Crippen molar-refractivity contribution in [2.75, 3.05) is 6.61 Å². The summed E-state index contributed by atoms with van der Waals surface area (Å²) in [6, 6.07) is 0.858. The number of carbonyl (C=O) groups is 1. The summed E-state index contributed by atoms with van der Waals surface area (Å²) >= 11 is 0. The molecule has 1 aromatic carbocycles. The van der Waals surface area contributed by atoms with Gasteiger partial charge in [-0.05, 0) is 44.9 Å². The van der Waals surface area contributed by atoms with Gasteiger partial charge in [-0.25, -0.2) is 0 Å². The Kier molecular flexibility index (Phi) is 5.24. The van der Waals surface area contributed by atoms with Gasteiger partial charge >= 0.3 is 12.4 Å². The zero-order chi connectivity index (χ0) is 19.0. The molecule has 1 saturated carbocycles. The first-order valence-electron chi connectivity index (χ1n) is 7.63. The Morgan fingerprint density at radius 2 is 1.56 bits per heavy atom. The summed E-state index contributed by atoms with van der Waals surface area (Å²) < 4.78 is 81.7. The van der Waals surface area contributed by atoms with E-state index in [1.807, 2.05) is 0 Å². The zero-order valence-electron chi connectivity index (χ0n) is 13.5. The molecule has 0 spiro atoms.